The second kappa shape index (κ2) is 10.5. The summed E-state index contributed by atoms with van der Waals surface area (Å²) < 4.78 is 37.4. The number of piperidine rings is 1. The molecule has 0 radical (unpaired) electrons. The van der Waals surface area contributed by atoms with Crippen LogP contribution >= 0.6 is 0 Å². The average molecular weight is 524 g/mol. The first-order chi connectivity index (χ1) is 18.2. The predicted molar refractivity (Wildman–Crippen MR) is 138 cm³/mol. The highest BCUT2D eigenvalue weighted by atomic mass is 19.1. The summed E-state index contributed by atoms with van der Waals surface area (Å²) in [6.07, 6.45) is 5.20. The number of hydrogen-bond donors (Lipinski definition) is 0. The maximum atomic E-state index is 15.2. The third kappa shape index (κ3) is 5.09. The van der Waals surface area contributed by atoms with Crippen molar-refractivity contribution in [3.8, 4) is 0 Å². The number of anilines is 1. The van der Waals surface area contributed by atoms with Crippen molar-refractivity contribution in [3.63, 3.8) is 0 Å². The Morgan fingerprint density at radius 3 is 2.61 bits per heavy atom. The van der Waals surface area contributed by atoms with Crippen LogP contribution in [0.5, 0.6) is 0 Å². The van der Waals surface area contributed by atoms with Crippen molar-refractivity contribution in [2.45, 2.75) is 45.6 Å². The molecule has 1 aromatic carbocycles. The van der Waals surface area contributed by atoms with Crippen molar-refractivity contribution < 1.29 is 18.1 Å². The van der Waals surface area contributed by atoms with Crippen LogP contribution in [0, 0.1) is 17.6 Å². The quantitative estimate of drug-likeness (QED) is 0.354. The molecule has 1 amide bonds. The Morgan fingerprint density at radius 2 is 1.92 bits per heavy atom. The standard InChI is InChI=1S/C27H31F2N7O2/c1-16(2)11-23-32-27(38-33-23)35-9-7-19(8-10-35)36-14-21(29)24-22(30-15-31-25(24)36)13-17-5-6-18(12-20(17)28)26(37)34(3)4/h5-6,12,14-16,19H,7-11,13H2,1-4H3. The molecule has 1 fully saturated rings. The lowest BCUT2D eigenvalue weighted by atomic mass is 10.0. The lowest BCUT2D eigenvalue weighted by molar-refractivity contribution is 0.0827. The zero-order chi connectivity index (χ0) is 27.0. The summed E-state index contributed by atoms with van der Waals surface area (Å²) >= 11 is 0. The van der Waals surface area contributed by atoms with E-state index in [1.807, 2.05) is 4.57 Å². The van der Waals surface area contributed by atoms with Crippen LogP contribution < -0.4 is 4.90 Å². The molecule has 1 aliphatic rings. The van der Waals surface area contributed by atoms with Gasteiger partial charge in [0.15, 0.2) is 11.6 Å². The van der Waals surface area contributed by atoms with Gasteiger partial charge in [-0.1, -0.05) is 25.1 Å². The lowest BCUT2D eigenvalue weighted by Crippen LogP contribution is -2.34. The van der Waals surface area contributed by atoms with Crippen LogP contribution in [0.4, 0.5) is 14.8 Å². The first kappa shape index (κ1) is 25.7. The number of fused-ring (bicyclic) bond motifs is 1. The molecule has 1 aliphatic heterocycles. The number of nitrogens with zero attached hydrogens (tertiary/aromatic N) is 7. The minimum Gasteiger partial charge on any atom is -0.345 e. The molecule has 4 heterocycles. The van der Waals surface area contributed by atoms with Gasteiger partial charge in [0.1, 0.15) is 17.8 Å². The molecule has 200 valence electrons. The van der Waals surface area contributed by atoms with Crippen LogP contribution in [0.15, 0.2) is 35.2 Å². The zero-order valence-corrected chi connectivity index (χ0v) is 22.0. The zero-order valence-electron chi connectivity index (χ0n) is 22.0. The number of rotatable bonds is 7. The topological polar surface area (TPSA) is 93.2 Å². The van der Waals surface area contributed by atoms with Crippen molar-refractivity contribution in [3.05, 3.63) is 65.0 Å². The molecule has 0 atom stereocenters. The van der Waals surface area contributed by atoms with Crippen LogP contribution in [0.25, 0.3) is 11.0 Å². The minimum absolute atomic E-state index is 0.0344. The summed E-state index contributed by atoms with van der Waals surface area (Å²) in [5.74, 6) is -0.111. The Labute approximate surface area is 219 Å². The molecule has 5 rings (SSSR count). The number of carbonyl (C=O) groups is 1. The molecule has 3 aromatic heterocycles. The van der Waals surface area contributed by atoms with Crippen LogP contribution in [0.1, 0.15) is 60.2 Å². The highest BCUT2D eigenvalue weighted by Gasteiger charge is 2.27. The van der Waals surface area contributed by atoms with E-state index in [9.17, 15) is 9.18 Å². The fourth-order valence-electron chi connectivity index (χ4n) is 4.93. The van der Waals surface area contributed by atoms with E-state index in [1.165, 1.54) is 23.5 Å². The molecule has 0 spiro atoms. The molecular weight excluding hydrogens is 492 g/mol. The van der Waals surface area contributed by atoms with Gasteiger partial charge >= 0.3 is 6.01 Å². The first-order valence-corrected chi connectivity index (χ1v) is 12.8. The van der Waals surface area contributed by atoms with E-state index in [2.05, 4.69) is 38.9 Å². The number of aromatic nitrogens is 5. The summed E-state index contributed by atoms with van der Waals surface area (Å²) in [7, 11) is 3.22. The smallest absolute Gasteiger partial charge is 0.324 e. The summed E-state index contributed by atoms with van der Waals surface area (Å²) in [5, 5.41) is 4.37. The number of amides is 1. The molecule has 0 bridgehead atoms. The second-order valence-electron chi connectivity index (χ2n) is 10.4. The van der Waals surface area contributed by atoms with Gasteiger partial charge in [0.2, 0.25) is 0 Å². The van der Waals surface area contributed by atoms with Crippen molar-refractivity contribution >= 4 is 23.0 Å². The third-order valence-electron chi connectivity index (χ3n) is 6.88. The Kier molecular flexibility index (Phi) is 7.09. The Balaban J connectivity index is 1.34. The second-order valence-corrected chi connectivity index (χ2v) is 10.4. The Morgan fingerprint density at radius 1 is 1.16 bits per heavy atom. The first-order valence-electron chi connectivity index (χ1n) is 12.8. The Hall–Kier alpha value is -3.89. The highest BCUT2D eigenvalue weighted by Crippen LogP contribution is 2.32. The summed E-state index contributed by atoms with van der Waals surface area (Å²) in [5.41, 5.74) is 1.47. The van der Waals surface area contributed by atoms with E-state index >= 15 is 4.39 Å². The summed E-state index contributed by atoms with van der Waals surface area (Å²) in [6.45, 7) is 5.60. The molecule has 11 heteroatoms. The van der Waals surface area contributed by atoms with Crippen molar-refractivity contribution in [1.82, 2.24) is 29.6 Å². The van der Waals surface area contributed by atoms with Gasteiger partial charge in [0, 0.05) is 57.8 Å². The molecular formula is C27H31F2N7O2. The van der Waals surface area contributed by atoms with E-state index in [4.69, 9.17) is 4.52 Å². The minimum atomic E-state index is -0.533. The molecule has 0 saturated carbocycles. The molecule has 38 heavy (non-hydrogen) atoms. The van der Waals surface area contributed by atoms with Gasteiger partial charge in [0.25, 0.3) is 5.91 Å². The van der Waals surface area contributed by atoms with E-state index in [0.29, 0.717) is 47.8 Å². The van der Waals surface area contributed by atoms with Crippen molar-refractivity contribution in [1.29, 1.82) is 0 Å². The van der Waals surface area contributed by atoms with Crippen molar-refractivity contribution in [2.24, 2.45) is 5.92 Å². The predicted octanol–water partition coefficient (Wildman–Crippen LogP) is 4.43. The number of halogens is 2. The fourth-order valence-corrected chi connectivity index (χ4v) is 4.93. The van der Waals surface area contributed by atoms with Crippen molar-refractivity contribution in [2.75, 3.05) is 32.1 Å². The number of carbonyl (C=O) groups excluding carboxylic acids is 1. The van der Waals surface area contributed by atoms with Gasteiger partial charge in [-0.25, -0.2) is 18.7 Å². The van der Waals surface area contributed by atoms with E-state index in [-0.39, 0.29) is 29.3 Å². The fraction of sp³-hybridized carbons (Fsp3) is 0.444. The molecule has 0 N–H and O–H groups in total. The largest absolute Gasteiger partial charge is 0.345 e. The SMILES string of the molecule is CC(C)Cc1noc(N2CCC(n3cc(F)c4c(Cc5ccc(C(=O)N(C)C)cc5F)ncnc43)CC2)n1. The molecule has 0 unspecified atom stereocenters. The van der Waals surface area contributed by atoms with Gasteiger partial charge in [0.05, 0.1) is 11.1 Å². The molecule has 0 aliphatic carbocycles. The van der Waals surface area contributed by atoms with Crippen LogP contribution in [-0.4, -0.2) is 62.7 Å². The van der Waals surface area contributed by atoms with Gasteiger partial charge in [-0.2, -0.15) is 4.98 Å². The average Bonchev–Trinajstić information content (AvgIpc) is 3.49. The summed E-state index contributed by atoms with van der Waals surface area (Å²) in [4.78, 5) is 28.8. The van der Waals surface area contributed by atoms with Gasteiger partial charge < -0.3 is 18.9 Å². The van der Waals surface area contributed by atoms with Gasteiger partial charge in [-0.05, 0) is 36.5 Å². The summed E-state index contributed by atoms with van der Waals surface area (Å²) in [6, 6.07) is 4.89. The van der Waals surface area contributed by atoms with E-state index in [1.54, 1.807) is 26.2 Å². The maximum Gasteiger partial charge on any atom is 0.324 e. The number of hydrogen-bond acceptors (Lipinski definition) is 7. The lowest BCUT2D eigenvalue weighted by Gasteiger charge is -2.31. The van der Waals surface area contributed by atoms with Crippen LogP contribution in [0.2, 0.25) is 0 Å². The maximum absolute atomic E-state index is 15.2. The van der Waals surface area contributed by atoms with E-state index in [0.717, 1.165) is 19.3 Å². The van der Waals surface area contributed by atoms with E-state index < -0.39 is 11.6 Å². The van der Waals surface area contributed by atoms with Crippen LogP contribution in [0.3, 0.4) is 0 Å². The van der Waals surface area contributed by atoms with Gasteiger partial charge in [-0.3, -0.25) is 4.79 Å². The molecule has 1 saturated heterocycles. The molecule has 4 aromatic rings. The number of benzene rings is 1. The monoisotopic (exact) mass is 523 g/mol. The molecule has 9 nitrogen and oxygen atoms in total. The van der Waals surface area contributed by atoms with Crippen LogP contribution in [-0.2, 0) is 12.8 Å². The third-order valence-corrected chi connectivity index (χ3v) is 6.88. The highest BCUT2D eigenvalue weighted by molar-refractivity contribution is 5.94. The Bertz CT molecular complexity index is 1460. The normalized spacial score (nSPS) is 14.6. The van der Waals surface area contributed by atoms with Gasteiger partial charge in [-0.15, -0.1) is 0 Å².